The molecule has 8 aromatic rings. The van der Waals surface area contributed by atoms with Gasteiger partial charge in [0.15, 0.2) is 0 Å². The maximum absolute atomic E-state index is 12.5. The second kappa shape index (κ2) is 70.3. The zero-order valence-corrected chi connectivity index (χ0v) is 93.3. The molecule has 0 bridgehead atoms. The van der Waals surface area contributed by atoms with Crippen molar-refractivity contribution in [2.45, 2.75) is 210 Å². The van der Waals surface area contributed by atoms with Gasteiger partial charge in [-0.2, -0.15) is 6.42 Å². The van der Waals surface area contributed by atoms with Crippen molar-refractivity contribution in [1.29, 1.82) is 0 Å². The van der Waals surface area contributed by atoms with Crippen molar-refractivity contribution < 1.29 is 108 Å². The Kier molecular flexibility index (Phi) is 69.1. The molecule has 5 amide bonds. The van der Waals surface area contributed by atoms with E-state index in [1.165, 1.54) is 74.7 Å². The van der Waals surface area contributed by atoms with Crippen LogP contribution >= 0.6 is 156 Å². The summed E-state index contributed by atoms with van der Waals surface area (Å²) in [6.07, 6.45) is 34.3. The number of hydrogen-bond donors (Lipinski definition) is 5. The summed E-state index contributed by atoms with van der Waals surface area (Å²) in [5.41, 5.74) is 10.4. The summed E-state index contributed by atoms with van der Waals surface area (Å²) in [5, 5.41) is 21.3. The third kappa shape index (κ3) is 57.4. The number of ether oxygens (including phenoxy) is 5. The summed E-state index contributed by atoms with van der Waals surface area (Å²) < 4.78 is 29.7. The van der Waals surface area contributed by atoms with E-state index in [0.29, 0.717) is 51.8 Å². The van der Waals surface area contributed by atoms with Gasteiger partial charge >= 0.3 is 113 Å². The van der Waals surface area contributed by atoms with E-state index in [4.69, 9.17) is 34.9 Å². The number of imide groups is 2. The number of carbonyl (C=O) groups is 8. The van der Waals surface area contributed by atoms with Crippen LogP contribution in [0.4, 0.5) is 14.4 Å². The molecule has 6 aromatic heterocycles. The van der Waals surface area contributed by atoms with Gasteiger partial charge in [0.05, 0.1) is 55.3 Å². The first-order valence-electron chi connectivity index (χ1n) is 39.8. The standard InChI is InChI=1S/C17H25BrN2O2.C14H9BrN2O2.C12H17BrN2.C10H18O5.C8H5NO2.C6H7BrN2.2C6H6BrNO.C6H10O.C3H7.CH4O.CH4.B.3HI.Na.V.H/c1-17(2,3)22-16(21)20(11-13-6-4-5-7-13)12-14-8-15(18)10-19-9-14;15-12-7-9(5-6-16-12)8-17-13(18)10-3-1-2-4-11(10)14(17)19;13-12-5-11(8-15-9-12)7-14-6-10-3-1-2-4-10;1-9(2,3)14-7(11)13-8(12)15-10(4,5)6;10-7-5-3-1-2-4-6(5)8(11)9-7;7-6-1-5(2-8)3-9-4-6;1-9-6-2-5(7)3-8-4-6;7-6-1-5(4-9)2-8-3-6;7-5-6-3-1-2-4-6;1-3-2;1-2;;;;;;;;/h8-10,13H,4-7,11-12H2,1-3H3;1-7H,8H2;5,8-10,14H,1-4,6-7H2;1-6H3;1-4H,(H,9,10,11);1,3-4H,2,8H2;2-4H,1H3;1-3,9H,4H2;5-6H,1-4H2;1,3H2,2H3;2H,1H3;1H4;;3*1H;;;/q;;;;;;;;;-1;;;;;;;+1;+3;-1/p-3. The molecule has 0 saturated heterocycles. The number of aliphatic hydroxyl groups is 2. The number of hydrogen-bond acceptors (Lipinski definition) is 23. The molecule has 38 heteroatoms. The summed E-state index contributed by atoms with van der Waals surface area (Å²) in [4.78, 5) is 118. The molecule has 3 fully saturated rings. The van der Waals surface area contributed by atoms with Crippen LogP contribution < -0.4 is 50.7 Å². The molecule has 6 N–H and O–H groups in total. The van der Waals surface area contributed by atoms with Crippen molar-refractivity contribution in [3.8, 4) is 5.75 Å². The fourth-order valence-corrected chi connectivity index (χ4v) is 13.9. The van der Waals surface area contributed by atoms with Crippen molar-refractivity contribution in [2.75, 3.05) is 27.3 Å². The van der Waals surface area contributed by atoms with Crippen LogP contribution in [-0.4, -0.2) is 151 Å². The number of amides is 5. The van der Waals surface area contributed by atoms with Crippen molar-refractivity contribution in [2.24, 2.45) is 23.5 Å². The van der Waals surface area contributed by atoms with Gasteiger partial charge in [0.1, 0.15) is 33.4 Å². The molecule has 0 atom stereocenters. The topological polar surface area (TPSA) is 357 Å². The third-order valence-corrected chi connectivity index (χ3v) is 19.4. The second-order valence-electron chi connectivity index (χ2n) is 30.7. The van der Waals surface area contributed by atoms with Gasteiger partial charge in [-0.1, -0.05) is 77.1 Å². The third-order valence-electron chi connectivity index (χ3n) is 16.8. The first-order valence-corrected chi connectivity index (χ1v) is 58.1. The number of nitrogens with two attached hydrogens (primary N) is 1. The molecule has 128 heavy (non-hydrogen) atoms. The predicted molar refractivity (Wildman–Crippen MR) is 544 cm³/mol. The number of pyridine rings is 6. The van der Waals surface area contributed by atoms with Gasteiger partial charge in [-0.25, -0.2) is 19.4 Å². The minimum atomic E-state index is -1.06. The first-order chi connectivity index (χ1) is 59.2. The van der Waals surface area contributed by atoms with Gasteiger partial charge in [-0.3, -0.25) is 54.3 Å². The number of aldehydes is 1. The van der Waals surface area contributed by atoms with Crippen molar-refractivity contribution in [3.63, 3.8) is 0 Å². The maximum Gasteiger partial charge on any atom is 1.00 e. The summed E-state index contributed by atoms with van der Waals surface area (Å²) in [7, 11) is 2.61. The zero-order chi connectivity index (χ0) is 93.7. The van der Waals surface area contributed by atoms with E-state index in [1.807, 2.05) is 69.3 Å². The quantitative estimate of drug-likeness (QED) is 0.00777. The molecule has 26 nitrogen and oxygen atoms in total. The minimum Gasteiger partial charge on any atom is 1.00 e. The van der Waals surface area contributed by atoms with Crippen LogP contribution in [-0.2, 0) is 61.4 Å². The number of aliphatic hydroxyl groups excluding tert-OH is 2. The average Bonchev–Trinajstić information content (AvgIpc) is 1.63. The molecular formula is C90H119BBr6I3N11NaO15V-. The number of aromatic nitrogens is 6. The molecule has 0 unspecified atom stereocenters. The number of fused-ring (bicyclic) bond motifs is 2. The normalized spacial score (nSPS) is 13.1. The van der Waals surface area contributed by atoms with Crippen LogP contribution in [0.1, 0.15) is 231 Å². The molecule has 3 saturated carbocycles. The van der Waals surface area contributed by atoms with Crippen LogP contribution in [0.5, 0.6) is 5.75 Å². The van der Waals surface area contributed by atoms with Crippen LogP contribution in [0.25, 0.3) is 0 Å². The fourth-order valence-electron chi connectivity index (χ4n) is 11.5. The summed E-state index contributed by atoms with van der Waals surface area (Å²) in [6, 6.07) is 26.9. The van der Waals surface area contributed by atoms with Crippen LogP contribution in [0.3, 0.4) is 0 Å². The van der Waals surface area contributed by atoms with Gasteiger partial charge in [0, 0.05) is 125 Å². The van der Waals surface area contributed by atoms with Gasteiger partial charge < -0.3 is 63.0 Å². The number of nitrogens with one attached hydrogen (secondary N) is 2. The molecule has 8 heterocycles. The van der Waals surface area contributed by atoms with Crippen molar-refractivity contribution in [1.82, 2.24) is 50.3 Å². The Labute approximate surface area is 869 Å². The van der Waals surface area contributed by atoms with Crippen LogP contribution in [0.2, 0.25) is 0 Å². The molecule has 0 spiro atoms. The molecule has 2 aliphatic heterocycles. The summed E-state index contributed by atoms with van der Waals surface area (Å²) in [5.74, 6) is 1.60. The monoisotopic (exact) mass is 2530 g/mol. The van der Waals surface area contributed by atoms with E-state index >= 15 is 0 Å². The Morgan fingerprint density at radius 1 is 0.594 bits per heavy atom. The number of benzene rings is 2. The van der Waals surface area contributed by atoms with E-state index in [1.54, 1.807) is 165 Å². The maximum atomic E-state index is 12.5. The second-order valence-corrected chi connectivity index (χ2v) is 71.5. The first kappa shape index (κ1) is 126. The zero-order valence-electron chi connectivity index (χ0n) is 75.0. The van der Waals surface area contributed by atoms with E-state index in [9.17, 15) is 38.4 Å². The molecule has 2 aromatic carbocycles. The Balaban J connectivity index is -0.00000139. The van der Waals surface area contributed by atoms with Crippen LogP contribution in [0.15, 0.2) is 186 Å². The smallest absolute Gasteiger partial charge is 1.00 e. The Hall–Kier alpha value is -4.34. The molecular weight excluding hydrogens is 2420 g/mol. The number of rotatable bonds is 14. The Morgan fingerprint density at radius 3 is 1.35 bits per heavy atom. The predicted octanol–water partition coefficient (Wildman–Crippen LogP) is 20.7. The van der Waals surface area contributed by atoms with Gasteiger partial charge in [0.2, 0.25) is 0 Å². The van der Waals surface area contributed by atoms with Crippen molar-refractivity contribution >= 4 is 212 Å². The molecule has 697 valence electrons. The van der Waals surface area contributed by atoms with Gasteiger partial charge in [-0.05, 0) is 309 Å². The SMILES string of the molecule is Brc1cncc(CNCC2CCCC2)c1.C.CC(C)(C)OC(=O)N(Cc1cncc(Br)c1)CC1CCCC1.CC(C)(C)OC(=O)OC(=O)OC(C)(C)C.CO.COc1cncc(Br)c1.NCc1cncc(Br)c1.O=C1NC(=O)c2ccccc21.O=C1c2ccccc2C(=O)N1Cc1ccnc(Br)c1.O=CC1CCCC1.OCc1cncc(Br)c1.[B].[CH2-]CC.[H-].[I][V]([I])[I].[Na+]. The molecule has 3 aliphatic carbocycles. The minimum absolute atomic E-state index is 0. The average molecular weight is 2540 g/mol. The molecule has 13 rings (SSSR count). The number of carbonyl (C=O) groups excluding carboxylic acids is 8. The summed E-state index contributed by atoms with van der Waals surface area (Å²) in [6.45, 7) is 25.5. The Bertz CT molecular complexity index is 4380. The van der Waals surface area contributed by atoms with Gasteiger partial charge in [0.25, 0.3) is 23.6 Å². The number of halogens is 9. The molecule has 3 radical (unpaired) electrons. The largest absolute Gasteiger partial charge is 1.00 e. The van der Waals surface area contributed by atoms with Crippen LogP contribution in [0, 0.1) is 24.7 Å². The van der Waals surface area contributed by atoms with E-state index in [2.05, 4.69) is 214 Å². The van der Waals surface area contributed by atoms with Gasteiger partial charge in [-0.15, -0.1) is 0 Å². The fraction of sp³-hybridized carbons (Fsp3) is 0.433. The van der Waals surface area contributed by atoms with E-state index < -0.39 is 29.1 Å². The summed E-state index contributed by atoms with van der Waals surface area (Å²) >= 11 is 27.3. The number of methoxy groups -OCH3 is 1. The number of nitrogens with zero attached hydrogens (tertiary/aromatic N) is 8. The van der Waals surface area contributed by atoms with Crippen molar-refractivity contribution in [3.05, 3.63) is 243 Å². The van der Waals surface area contributed by atoms with E-state index in [0.717, 1.165) is 109 Å². The Morgan fingerprint density at radius 2 is 0.977 bits per heavy atom. The molecule has 5 aliphatic rings. The van der Waals surface area contributed by atoms with E-state index in [-0.39, 0.29) is 94.6 Å².